The van der Waals surface area contributed by atoms with Crippen LogP contribution in [0.2, 0.25) is 0 Å². The number of fused-ring (bicyclic) bond motifs is 1. The Hall–Kier alpha value is -1.61. The van der Waals surface area contributed by atoms with E-state index in [0.29, 0.717) is 0 Å². The third-order valence-corrected chi connectivity index (χ3v) is 3.58. The van der Waals surface area contributed by atoms with Crippen molar-refractivity contribution < 1.29 is 0 Å². The predicted octanol–water partition coefficient (Wildman–Crippen LogP) is 2.21. The third kappa shape index (κ3) is 2.06. The van der Waals surface area contributed by atoms with Gasteiger partial charge in [0.05, 0.1) is 5.52 Å². The molecule has 0 amide bonds. The van der Waals surface area contributed by atoms with Crippen LogP contribution in [-0.4, -0.2) is 31.2 Å². The van der Waals surface area contributed by atoms with Gasteiger partial charge in [-0.25, -0.2) is 4.98 Å². The summed E-state index contributed by atoms with van der Waals surface area (Å²) < 4.78 is 0. The Morgan fingerprint density at radius 3 is 2.78 bits per heavy atom. The zero-order chi connectivity index (χ0) is 12.4. The molecule has 1 aliphatic rings. The Balaban J connectivity index is 2.08. The van der Waals surface area contributed by atoms with Gasteiger partial charge in [0.15, 0.2) is 0 Å². The van der Waals surface area contributed by atoms with Gasteiger partial charge in [0.25, 0.3) is 0 Å². The van der Waals surface area contributed by atoms with Crippen LogP contribution in [0.25, 0.3) is 10.9 Å². The first-order valence-corrected chi connectivity index (χ1v) is 6.73. The first-order valence-electron chi connectivity index (χ1n) is 6.73. The molecule has 0 atom stereocenters. The van der Waals surface area contributed by atoms with Crippen LogP contribution in [0.5, 0.6) is 0 Å². The van der Waals surface area contributed by atoms with E-state index in [2.05, 4.69) is 47.5 Å². The number of para-hydroxylation sites is 1. The lowest BCUT2D eigenvalue weighted by molar-refractivity contribution is 0.584. The highest BCUT2D eigenvalue weighted by Gasteiger charge is 2.15. The van der Waals surface area contributed by atoms with E-state index in [0.717, 1.165) is 38.1 Å². The van der Waals surface area contributed by atoms with Gasteiger partial charge < -0.3 is 10.2 Å². The first kappa shape index (κ1) is 11.5. The summed E-state index contributed by atoms with van der Waals surface area (Å²) in [6, 6.07) is 10.7. The quantitative estimate of drug-likeness (QED) is 0.873. The van der Waals surface area contributed by atoms with E-state index in [-0.39, 0.29) is 0 Å². The number of benzene rings is 1. The second kappa shape index (κ2) is 4.94. The molecule has 1 aromatic heterocycles. The molecule has 0 saturated carbocycles. The molecule has 0 spiro atoms. The fraction of sp³-hybridized carbons (Fsp3) is 0.400. The normalized spacial score (nSPS) is 16.2. The minimum absolute atomic E-state index is 1.04. The summed E-state index contributed by atoms with van der Waals surface area (Å²) in [5.74, 6) is 1.18. The number of hydrogen-bond acceptors (Lipinski definition) is 3. The van der Waals surface area contributed by atoms with Gasteiger partial charge in [-0.05, 0) is 24.1 Å². The number of hydrogen-bond donors (Lipinski definition) is 1. The van der Waals surface area contributed by atoms with Crippen LogP contribution in [0.3, 0.4) is 0 Å². The standard InChI is InChI=1S/C15H19N3/c1-2-12-11-13-5-3-4-6-14(13)17-15(12)18-9-7-16-8-10-18/h3-6,11,16H,2,7-10H2,1H3. The molecule has 1 aliphatic heterocycles. The summed E-state index contributed by atoms with van der Waals surface area (Å²) in [7, 11) is 0. The van der Waals surface area contributed by atoms with Gasteiger partial charge in [0.1, 0.15) is 5.82 Å². The Morgan fingerprint density at radius 1 is 1.22 bits per heavy atom. The maximum absolute atomic E-state index is 4.87. The molecule has 2 aromatic rings. The Kier molecular flexibility index (Phi) is 3.15. The first-order chi connectivity index (χ1) is 8.88. The summed E-state index contributed by atoms with van der Waals surface area (Å²) in [6.07, 6.45) is 1.04. The fourth-order valence-electron chi connectivity index (χ4n) is 2.56. The molecule has 18 heavy (non-hydrogen) atoms. The second-order valence-electron chi connectivity index (χ2n) is 4.75. The minimum atomic E-state index is 1.04. The molecule has 2 heterocycles. The Bertz CT molecular complexity index is 544. The zero-order valence-electron chi connectivity index (χ0n) is 10.8. The maximum Gasteiger partial charge on any atom is 0.132 e. The molecule has 0 bridgehead atoms. The molecular weight excluding hydrogens is 222 g/mol. The molecule has 3 rings (SSSR count). The van der Waals surface area contributed by atoms with Gasteiger partial charge in [-0.3, -0.25) is 0 Å². The zero-order valence-corrected chi connectivity index (χ0v) is 10.8. The number of aryl methyl sites for hydroxylation is 1. The molecule has 1 N–H and O–H groups in total. The Morgan fingerprint density at radius 2 is 2.00 bits per heavy atom. The van der Waals surface area contributed by atoms with E-state index in [4.69, 9.17) is 4.98 Å². The topological polar surface area (TPSA) is 28.2 Å². The molecule has 3 nitrogen and oxygen atoms in total. The van der Waals surface area contributed by atoms with Crippen LogP contribution in [0.15, 0.2) is 30.3 Å². The highest BCUT2D eigenvalue weighted by atomic mass is 15.2. The average molecular weight is 241 g/mol. The van der Waals surface area contributed by atoms with E-state index < -0.39 is 0 Å². The van der Waals surface area contributed by atoms with E-state index >= 15 is 0 Å². The SMILES string of the molecule is CCc1cc2ccccc2nc1N1CCNCC1. The molecule has 1 aromatic carbocycles. The predicted molar refractivity (Wildman–Crippen MR) is 76.2 cm³/mol. The van der Waals surface area contributed by atoms with Crippen LogP contribution in [-0.2, 0) is 6.42 Å². The number of pyridine rings is 1. The van der Waals surface area contributed by atoms with Crippen LogP contribution in [0, 0.1) is 0 Å². The number of piperazine rings is 1. The van der Waals surface area contributed by atoms with Crippen LogP contribution >= 0.6 is 0 Å². The molecule has 3 heteroatoms. The van der Waals surface area contributed by atoms with Gasteiger partial charge in [0.2, 0.25) is 0 Å². The Labute approximate surface area is 108 Å². The highest BCUT2D eigenvalue weighted by Crippen LogP contribution is 2.24. The summed E-state index contributed by atoms with van der Waals surface area (Å²) in [5.41, 5.74) is 2.46. The van der Waals surface area contributed by atoms with Crippen LogP contribution in [0.1, 0.15) is 12.5 Å². The number of rotatable bonds is 2. The van der Waals surface area contributed by atoms with Crippen molar-refractivity contribution in [3.8, 4) is 0 Å². The highest BCUT2D eigenvalue weighted by molar-refractivity contribution is 5.81. The largest absolute Gasteiger partial charge is 0.354 e. The molecule has 0 radical (unpaired) electrons. The van der Waals surface area contributed by atoms with E-state index in [9.17, 15) is 0 Å². The summed E-state index contributed by atoms with van der Waals surface area (Å²) >= 11 is 0. The second-order valence-corrected chi connectivity index (χ2v) is 4.75. The molecule has 0 aliphatic carbocycles. The summed E-state index contributed by atoms with van der Waals surface area (Å²) in [5, 5.41) is 4.63. The third-order valence-electron chi connectivity index (χ3n) is 3.58. The lowest BCUT2D eigenvalue weighted by Crippen LogP contribution is -2.44. The maximum atomic E-state index is 4.87. The molecule has 94 valence electrons. The van der Waals surface area contributed by atoms with Crippen molar-refractivity contribution in [2.75, 3.05) is 31.1 Å². The molecule has 1 saturated heterocycles. The van der Waals surface area contributed by atoms with E-state index in [1.54, 1.807) is 0 Å². The molecule has 0 unspecified atom stereocenters. The van der Waals surface area contributed by atoms with E-state index in [1.807, 2.05) is 0 Å². The number of aromatic nitrogens is 1. The number of anilines is 1. The van der Waals surface area contributed by atoms with Crippen molar-refractivity contribution in [1.29, 1.82) is 0 Å². The van der Waals surface area contributed by atoms with Crippen molar-refractivity contribution in [3.05, 3.63) is 35.9 Å². The monoisotopic (exact) mass is 241 g/mol. The van der Waals surface area contributed by atoms with Gasteiger partial charge >= 0.3 is 0 Å². The smallest absolute Gasteiger partial charge is 0.132 e. The lowest BCUT2D eigenvalue weighted by atomic mass is 10.1. The van der Waals surface area contributed by atoms with Crippen LogP contribution < -0.4 is 10.2 Å². The fourth-order valence-corrected chi connectivity index (χ4v) is 2.56. The van der Waals surface area contributed by atoms with Crippen LogP contribution in [0.4, 0.5) is 5.82 Å². The van der Waals surface area contributed by atoms with Gasteiger partial charge in [-0.15, -0.1) is 0 Å². The van der Waals surface area contributed by atoms with Crippen molar-refractivity contribution in [2.45, 2.75) is 13.3 Å². The van der Waals surface area contributed by atoms with Gasteiger partial charge in [-0.1, -0.05) is 25.1 Å². The van der Waals surface area contributed by atoms with E-state index in [1.165, 1.54) is 16.8 Å². The lowest BCUT2D eigenvalue weighted by Gasteiger charge is -2.30. The van der Waals surface area contributed by atoms with Crippen molar-refractivity contribution in [1.82, 2.24) is 10.3 Å². The summed E-state index contributed by atoms with van der Waals surface area (Å²) in [6.45, 7) is 6.42. The number of nitrogens with zero attached hydrogens (tertiary/aromatic N) is 2. The molecular formula is C15H19N3. The van der Waals surface area contributed by atoms with Crippen molar-refractivity contribution in [3.63, 3.8) is 0 Å². The van der Waals surface area contributed by atoms with Gasteiger partial charge in [0, 0.05) is 31.6 Å². The summed E-state index contributed by atoms with van der Waals surface area (Å²) in [4.78, 5) is 7.27. The van der Waals surface area contributed by atoms with Crippen molar-refractivity contribution in [2.24, 2.45) is 0 Å². The van der Waals surface area contributed by atoms with Gasteiger partial charge in [-0.2, -0.15) is 0 Å². The number of nitrogens with one attached hydrogen (secondary N) is 1. The molecule has 1 fully saturated rings. The minimum Gasteiger partial charge on any atom is -0.354 e. The van der Waals surface area contributed by atoms with Crippen molar-refractivity contribution >= 4 is 16.7 Å². The average Bonchev–Trinajstić information content (AvgIpc) is 2.46.